The first kappa shape index (κ1) is 12.1. The molecule has 1 aliphatic carbocycles. The maximum atomic E-state index is 12.0. The number of hydrogen-bond donors (Lipinski definition) is 0. The van der Waals surface area contributed by atoms with E-state index >= 15 is 0 Å². The van der Waals surface area contributed by atoms with Gasteiger partial charge < -0.3 is 4.74 Å². The van der Waals surface area contributed by atoms with Crippen molar-refractivity contribution in [3.63, 3.8) is 0 Å². The summed E-state index contributed by atoms with van der Waals surface area (Å²) in [5, 5.41) is 0. The number of pyridine rings is 1. The molecule has 1 aliphatic rings. The molecule has 1 aromatic rings. The van der Waals surface area contributed by atoms with Gasteiger partial charge in [-0.05, 0) is 26.7 Å². The Morgan fingerprint density at radius 3 is 2.71 bits per heavy atom. The fourth-order valence-electron chi connectivity index (χ4n) is 2.29. The molecule has 0 N–H and O–H groups in total. The molecule has 1 heterocycles. The number of aryl methyl sites for hydroxylation is 1. The van der Waals surface area contributed by atoms with Gasteiger partial charge in [0.25, 0.3) is 0 Å². The molecule has 0 saturated heterocycles. The number of rotatable bonds is 4. The molecule has 3 nitrogen and oxygen atoms in total. The molecule has 0 amide bonds. The number of hydrogen-bond acceptors (Lipinski definition) is 3. The topological polar surface area (TPSA) is 39.2 Å². The fraction of sp³-hybridized carbons (Fsp3) is 0.571. The third-order valence-corrected chi connectivity index (χ3v) is 3.65. The van der Waals surface area contributed by atoms with Crippen LogP contribution in [0.2, 0.25) is 0 Å². The number of nitrogens with zero attached hydrogens (tertiary/aromatic N) is 1. The predicted molar refractivity (Wildman–Crippen MR) is 66.3 cm³/mol. The number of ether oxygens (including phenoxy) is 1. The zero-order valence-corrected chi connectivity index (χ0v) is 10.7. The van der Waals surface area contributed by atoms with Crippen molar-refractivity contribution >= 4 is 5.78 Å². The van der Waals surface area contributed by atoms with E-state index in [1.54, 1.807) is 13.3 Å². The Balaban J connectivity index is 2.18. The molecular weight excluding hydrogens is 214 g/mol. The quantitative estimate of drug-likeness (QED) is 0.802. The normalized spacial score (nSPS) is 15.5. The average Bonchev–Trinajstić information content (AvgIpc) is 2.20. The van der Waals surface area contributed by atoms with E-state index in [9.17, 15) is 4.79 Å². The smallest absolute Gasteiger partial charge is 0.141 e. The second-order valence-electron chi connectivity index (χ2n) is 4.82. The van der Waals surface area contributed by atoms with Crippen molar-refractivity contribution < 1.29 is 9.53 Å². The van der Waals surface area contributed by atoms with Crippen molar-refractivity contribution in [1.82, 2.24) is 4.98 Å². The van der Waals surface area contributed by atoms with E-state index in [1.807, 2.05) is 13.8 Å². The first-order valence-corrected chi connectivity index (χ1v) is 6.15. The summed E-state index contributed by atoms with van der Waals surface area (Å²) < 4.78 is 5.35. The summed E-state index contributed by atoms with van der Waals surface area (Å²) in [5.41, 5.74) is 2.88. The second-order valence-corrected chi connectivity index (χ2v) is 4.82. The minimum atomic E-state index is 0.281. The monoisotopic (exact) mass is 233 g/mol. The summed E-state index contributed by atoms with van der Waals surface area (Å²) in [5.74, 6) is 1.47. The number of aromatic nitrogens is 1. The van der Waals surface area contributed by atoms with Gasteiger partial charge in [-0.1, -0.05) is 6.42 Å². The summed E-state index contributed by atoms with van der Waals surface area (Å²) >= 11 is 0. The predicted octanol–water partition coefficient (Wildman–Crippen LogP) is 2.62. The van der Waals surface area contributed by atoms with Crippen LogP contribution in [-0.4, -0.2) is 17.9 Å². The Morgan fingerprint density at radius 2 is 2.18 bits per heavy atom. The van der Waals surface area contributed by atoms with Gasteiger partial charge in [-0.3, -0.25) is 9.78 Å². The second kappa shape index (κ2) is 4.86. The Labute approximate surface area is 102 Å². The van der Waals surface area contributed by atoms with Crippen LogP contribution in [0.25, 0.3) is 0 Å². The Morgan fingerprint density at radius 1 is 1.47 bits per heavy atom. The molecule has 0 aliphatic heterocycles. The fourth-order valence-corrected chi connectivity index (χ4v) is 2.29. The van der Waals surface area contributed by atoms with Gasteiger partial charge in [0.05, 0.1) is 12.8 Å². The van der Waals surface area contributed by atoms with E-state index in [4.69, 9.17) is 4.74 Å². The van der Waals surface area contributed by atoms with Gasteiger partial charge in [-0.2, -0.15) is 0 Å². The molecule has 3 heteroatoms. The molecule has 0 bridgehead atoms. The third-order valence-electron chi connectivity index (χ3n) is 3.65. The van der Waals surface area contributed by atoms with E-state index in [1.165, 1.54) is 6.42 Å². The first-order chi connectivity index (χ1) is 8.13. The van der Waals surface area contributed by atoms with Crippen LogP contribution in [0.3, 0.4) is 0 Å². The van der Waals surface area contributed by atoms with Crippen molar-refractivity contribution in [2.45, 2.75) is 39.5 Å². The van der Waals surface area contributed by atoms with Gasteiger partial charge in [0.15, 0.2) is 0 Å². The summed E-state index contributed by atoms with van der Waals surface area (Å²) in [7, 11) is 1.66. The van der Waals surface area contributed by atoms with Crippen LogP contribution in [-0.2, 0) is 11.2 Å². The van der Waals surface area contributed by atoms with Gasteiger partial charge in [-0.25, -0.2) is 0 Å². The van der Waals surface area contributed by atoms with E-state index in [0.717, 1.165) is 35.4 Å². The number of methoxy groups -OCH3 is 1. The highest BCUT2D eigenvalue weighted by Crippen LogP contribution is 2.30. The van der Waals surface area contributed by atoms with Crippen molar-refractivity contribution in [3.05, 3.63) is 23.0 Å². The highest BCUT2D eigenvalue weighted by atomic mass is 16.5. The van der Waals surface area contributed by atoms with Crippen LogP contribution in [0.15, 0.2) is 6.20 Å². The van der Waals surface area contributed by atoms with E-state index < -0.39 is 0 Å². The standard InChI is InChI=1S/C14H19NO2/c1-9-8-15-12(10(2)14(9)17-3)7-13(16)11-5-4-6-11/h8,11H,4-7H2,1-3H3. The SMILES string of the molecule is COc1c(C)cnc(CC(=O)C2CCC2)c1C. The molecule has 92 valence electrons. The molecule has 1 fully saturated rings. The lowest BCUT2D eigenvalue weighted by Gasteiger charge is -2.24. The zero-order valence-electron chi connectivity index (χ0n) is 10.7. The van der Waals surface area contributed by atoms with Gasteiger partial charge >= 0.3 is 0 Å². The molecule has 0 spiro atoms. The van der Waals surface area contributed by atoms with Crippen LogP contribution in [0.5, 0.6) is 5.75 Å². The van der Waals surface area contributed by atoms with Gasteiger partial charge in [-0.15, -0.1) is 0 Å². The van der Waals surface area contributed by atoms with E-state index in [0.29, 0.717) is 12.2 Å². The first-order valence-electron chi connectivity index (χ1n) is 6.15. The average molecular weight is 233 g/mol. The minimum Gasteiger partial charge on any atom is -0.496 e. The van der Waals surface area contributed by atoms with Crippen LogP contribution in [0.1, 0.15) is 36.1 Å². The molecule has 1 saturated carbocycles. The van der Waals surface area contributed by atoms with Crippen molar-refractivity contribution in [2.75, 3.05) is 7.11 Å². The number of carbonyl (C=O) groups excluding carboxylic acids is 1. The van der Waals surface area contributed by atoms with Crippen molar-refractivity contribution in [2.24, 2.45) is 5.92 Å². The lowest BCUT2D eigenvalue weighted by molar-refractivity contribution is -0.124. The largest absolute Gasteiger partial charge is 0.496 e. The van der Waals surface area contributed by atoms with Crippen molar-refractivity contribution in [3.8, 4) is 5.75 Å². The van der Waals surface area contributed by atoms with Crippen molar-refractivity contribution in [1.29, 1.82) is 0 Å². The molecular formula is C14H19NO2. The number of carbonyl (C=O) groups is 1. The third kappa shape index (κ3) is 2.33. The molecule has 0 atom stereocenters. The Bertz CT molecular complexity index is 436. The molecule has 17 heavy (non-hydrogen) atoms. The van der Waals surface area contributed by atoms with E-state index in [-0.39, 0.29) is 5.92 Å². The minimum absolute atomic E-state index is 0.281. The maximum Gasteiger partial charge on any atom is 0.141 e. The molecule has 1 aromatic heterocycles. The van der Waals surface area contributed by atoms with Gasteiger partial charge in [0, 0.05) is 29.7 Å². The van der Waals surface area contributed by atoms with Crippen LogP contribution >= 0.6 is 0 Å². The van der Waals surface area contributed by atoms with E-state index in [2.05, 4.69) is 4.98 Å². The molecule has 2 rings (SSSR count). The molecule has 0 aromatic carbocycles. The Hall–Kier alpha value is -1.38. The highest BCUT2D eigenvalue weighted by molar-refractivity contribution is 5.84. The molecule has 0 unspecified atom stereocenters. The summed E-state index contributed by atoms with van der Waals surface area (Å²) in [6.07, 6.45) is 5.55. The molecule has 0 radical (unpaired) electrons. The van der Waals surface area contributed by atoms with Gasteiger partial charge in [0.1, 0.15) is 11.5 Å². The number of Topliss-reactive ketones (excluding diaryl/α,β-unsaturated/α-hetero) is 1. The van der Waals surface area contributed by atoms with Crippen LogP contribution in [0.4, 0.5) is 0 Å². The van der Waals surface area contributed by atoms with Crippen LogP contribution in [0, 0.1) is 19.8 Å². The lowest BCUT2D eigenvalue weighted by Crippen LogP contribution is -2.24. The lowest BCUT2D eigenvalue weighted by atomic mass is 9.80. The summed E-state index contributed by atoms with van der Waals surface area (Å²) in [6.45, 7) is 3.94. The zero-order chi connectivity index (χ0) is 12.4. The van der Waals surface area contributed by atoms with Crippen LogP contribution < -0.4 is 4.74 Å². The highest BCUT2D eigenvalue weighted by Gasteiger charge is 2.26. The summed E-state index contributed by atoms with van der Waals surface area (Å²) in [6, 6.07) is 0. The number of ketones is 1. The maximum absolute atomic E-state index is 12.0. The Kier molecular flexibility index (Phi) is 3.46. The van der Waals surface area contributed by atoms with Gasteiger partial charge in [0.2, 0.25) is 0 Å². The summed E-state index contributed by atoms with van der Waals surface area (Å²) in [4.78, 5) is 16.3.